The molecule has 4 N–H and O–H groups in total. The Balaban J connectivity index is 2.52. The number of nitrogens with one attached hydrogen (secondary N) is 2. The van der Waals surface area contributed by atoms with Crippen molar-refractivity contribution in [3.05, 3.63) is 34.9 Å². The van der Waals surface area contributed by atoms with Gasteiger partial charge in [0.15, 0.2) is 0 Å². The van der Waals surface area contributed by atoms with Gasteiger partial charge < -0.3 is 26.0 Å². The first kappa shape index (κ1) is 29.1. The maximum Gasteiger partial charge on any atom is 0.408 e. The summed E-state index contributed by atoms with van der Waals surface area (Å²) in [6, 6.07) is 3.67. The van der Waals surface area contributed by atoms with Gasteiger partial charge in [-0.2, -0.15) is 0 Å². The van der Waals surface area contributed by atoms with Gasteiger partial charge in [0.25, 0.3) is 0 Å². The number of primary amides is 1. The van der Waals surface area contributed by atoms with Gasteiger partial charge in [-0.1, -0.05) is 23.8 Å². The Bertz CT molecular complexity index is 989. The molecule has 36 heavy (non-hydrogen) atoms. The number of carbonyl (C=O) groups excluding carboxylic acids is 4. The highest BCUT2D eigenvalue weighted by atomic mass is 16.6. The van der Waals surface area contributed by atoms with E-state index in [1.165, 1.54) is 0 Å². The molecule has 0 radical (unpaired) electrons. The maximum absolute atomic E-state index is 14.0. The van der Waals surface area contributed by atoms with Crippen LogP contribution in [-0.4, -0.2) is 51.9 Å². The molecule has 9 heteroatoms. The van der Waals surface area contributed by atoms with Gasteiger partial charge in [0.2, 0.25) is 17.7 Å². The molecule has 1 aromatic rings. The number of benzene rings is 1. The van der Waals surface area contributed by atoms with Crippen molar-refractivity contribution in [3.63, 3.8) is 0 Å². The summed E-state index contributed by atoms with van der Waals surface area (Å²) < 4.78 is 5.36. The van der Waals surface area contributed by atoms with E-state index in [4.69, 9.17) is 10.5 Å². The Labute approximate surface area is 214 Å². The largest absolute Gasteiger partial charge is 0.444 e. The van der Waals surface area contributed by atoms with E-state index in [0.29, 0.717) is 0 Å². The van der Waals surface area contributed by atoms with Gasteiger partial charge in [-0.3, -0.25) is 14.4 Å². The van der Waals surface area contributed by atoms with Crippen molar-refractivity contribution in [3.8, 4) is 0 Å². The fourth-order valence-corrected chi connectivity index (χ4v) is 3.95. The zero-order chi connectivity index (χ0) is 27.4. The van der Waals surface area contributed by atoms with E-state index in [2.05, 4.69) is 10.6 Å². The van der Waals surface area contributed by atoms with Crippen LogP contribution in [0.4, 0.5) is 4.79 Å². The van der Waals surface area contributed by atoms with Gasteiger partial charge in [-0.05, 0) is 85.8 Å². The topological polar surface area (TPSA) is 131 Å². The minimum atomic E-state index is -1.08. The third kappa shape index (κ3) is 8.84. The molecular formula is C27H42N4O5. The molecule has 4 amide bonds. The highest BCUT2D eigenvalue weighted by Gasteiger charge is 2.45. The average Bonchev–Trinajstić information content (AvgIpc) is 3.52. The van der Waals surface area contributed by atoms with Crippen LogP contribution in [0.3, 0.4) is 0 Å². The second-order valence-electron chi connectivity index (χ2n) is 11.7. The SMILES string of the molecule is Cc1ccc(C)c(C(C(=O)NC(C)(C)C)N(C(=O)C(CCC(N)=O)NC(=O)OC(C)(C)C)C2CC2)c1. The van der Waals surface area contributed by atoms with Gasteiger partial charge >= 0.3 is 6.09 Å². The van der Waals surface area contributed by atoms with Crippen molar-refractivity contribution in [2.24, 2.45) is 5.73 Å². The summed E-state index contributed by atoms with van der Waals surface area (Å²) in [7, 11) is 0. The number of nitrogens with two attached hydrogens (primary N) is 1. The van der Waals surface area contributed by atoms with Gasteiger partial charge in [0.05, 0.1) is 0 Å². The first-order valence-electron chi connectivity index (χ1n) is 12.5. The van der Waals surface area contributed by atoms with Crippen LogP contribution in [0.1, 0.15) is 90.0 Å². The Morgan fingerprint density at radius 3 is 2.19 bits per heavy atom. The van der Waals surface area contributed by atoms with E-state index < -0.39 is 41.1 Å². The molecule has 0 aromatic heterocycles. The first-order chi connectivity index (χ1) is 16.5. The molecule has 1 saturated carbocycles. The maximum atomic E-state index is 14.0. The summed E-state index contributed by atoms with van der Waals surface area (Å²) >= 11 is 0. The lowest BCUT2D eigenvalue weighted by Gasteiger charge is -2.37. The molecule has 0 bridgehead atoms. The fourth-order valence-electron chi connectivity index (χ4n) is 3.95. The van der Waals surface area contributed by atoms with E-state index in [0.717, 1.165) is 29.5 Å². The number of nitrogens with zero attached hydrogens (tertiary/aromatic N) is 1. The smallest absolute Gasteiger partial charge is 0.408 e. The fraction of sp³-hybridized carbons (Fsp3) is 0.630. The first-order valence-corrected chi connectivity index (χ1v) is 12.5. The zero-order valence-corrected chi connectivity index (χ0v) is 22.9. The van der Waals surface area contributed by atoms with E-state index in [9.17, 15) is 19.2 Å². The lowest BCUT2D eigenvalue weighted by Crippen LogP contribution is -2.55. The van der Waals surface area contributed by atoms with Crippen LogP contribution in [-0.2, 0) is 19.1 Å². The highest BCUT2D eigenvalue weighted by Crippen LogP contribution is 2.37. The quantitative estimate of drug-likeness (QED) is 0.476. The Morgan fingerprint density at radius 1 is 1.08 bits per heavy atom. The van der Waals surface area contributed by atoms with Crippen LogP contribution in [0.25, 0.3) is 0 Å². The van der Waals surface area contributed by atoms with Crippen molar-refractivity contribution >= 4 is 23.8 Å². The van der Waals surface area contributed by atoms with Crippen molar-refractivity contribution < 1.29 is 23.9 Å². The number of carbonyl (C=O) groups is 4. The third-order valence-electron chi connectivity index (χ3n) is 5.62. The summed E-state index contributed by atoms with van der Waals surface area (Å²) in [6.45, 7) is 14.6. The van der Waals surface area contributed by atoms with Crippen LogP contribution in [0.5, 0.6) is 0 Å². The lowest BCUT2D eigenvalue weighted by atomic mass is 9.94. The van der Waals surface area contributed by atoms with E-state index in [-0.39, 0.29) is 24.8 Å². The van der Waals surface area contributed by atoms with Gasteiger partial charge in [0.1, 0.15) is 17.7 Å². The van der Waals surface area contributed by atoms with Gasteiger partial charge in [-0.25, -0.2) is 4.79 Å². The molecule has 0 heterocycles. The number of hydrogen-bond acceptors (Lipinski definition) is 5. The number of rotatable bonds is 9. The zero-order valence-electron chi connectivity index (χ0n) is 22.9. The standard InChI is InChI=1S/C27H42N4O5/c1-16-9-10-17(2)19(15-16)22(23(33)30-26(3,4)5)31(18-11-12-18)24(34)20(13-14-21(28)32)29-25(35)36-27(6,7)8/h9-10,15,18,20,22H,11-14H2,1-8H3,(H2,28,32)(H,29,35)(H,30,33). The molecule has 0 spiro atoms. The molecule has 9 nitrogen and oxygen atoms in total. The normalized spacial score (nSPS) is 15.4. The number of ether oxygens (including phenoxy) is 1. The molecule has 200 valence electrons. The summed E-state index contributed by atoms with van der Waals surface area (Å²) in [4.78, 5) is 53.5. The van der Waals surface area contributed by atoms with E-state index in [1.807, 2.05) is 52.8 Å². The van der Waals surface area contributed by atoms with Crippen LogP contribution < -0.4 is 16.4 Å². The van der Waals surface area contributed by atoms with E-state index in [1.54, 1.807) is 25.7 Å². The van der Waals surface area contributed by atoms with Crippen LogP contribution >= 0.6 is 0 Å². The Kier molecular flexibility index (Phi) is 9.15. The molecule has 1 aliphatic carbocycles. The second-order valence-corrected chi connectivity index (χ2v) is 11.7. The van der Waals surface area contributed by atoms with E-state index >= 15 is 0 Å². The molecule has 2 rings (SSSR count). The molecule has 2 unspecified atom stereocenters. The minimum absolute atomic E-state index is 0.00294. The highest BCUT2D eigenvalue weighted by molar-refractivity contribution is 5.93. The van der Waals surface area contributed by atoms with Gasteiger partial charge in [-0.15, -0.1) is 0 Å². The summed E-state index contributed by atoms with van der Waals surface area (Å²) in [5.74, 6) is -1.34. The predicted molar refractivity (Wildman–Crippen MR) is 138 cm³/mol. The molecule has 1 aliphatic rings. The molecule has 1 fully saturated rings. The van der Waals surface area contributed by atoms with Crippen LogP contribution in [0.2, 0.25) is 0 Å². The Hall–Kier alpha value is -3.10. The second kappa shape index (κ2) is 11.3. The van der Waals surface area contributed by atoms with Gasteiger partial charge in [0, 0.05) is 18.0 Å². The molecule has 1 aromatic carbocycles. The summed E-state index contributed by atoms with van der Waals surface area (Å²) in [5.41, 5.74) is 6.62. The van der Waals surface area contributed by atoms with Crippen molar-refractivity contribution in [1.82, 2.24) is 15.5 Å². The lowest BCUT2D eigenvalue weighted by molar-refractivity contribution is -0.144. The average molecular weight is 503 g/mol. The number of hydrogen-bond donors (Lipinski definition) is 3. The minimum Gasteiger partial charge on any atom is -0.444 e. The summed E-state index contributed by atoms with van der Waals surface area (Å²) in [6.07, 6.45) is 0.600. The summed E-state index contributed by atoms with van der Waals surface area (Å²) in [5, 5.41) is 5.64. The van der Waals surface area contributed by atoms with Crippen LogP contribution in [0, 0.1) is 13.8 Å². The van der Waals surface area contributed by atoms with Crippen molar-refractivity contribution in [2.75, 3.05) is 0 Å². The Morgan fingerprint density at radius 2 is 1.69 bits per heavy atom. The number of aryl methyl sites for hydroxylation is 2. The molecule has 0 aliphatic heterocycles. The van der Waals surface area contributed by atoms with Crippen molar-refractivity contribution in [2.45, 2.75) is 110 Å². The molecule has 2 atom stereocenters. The molecular weight excluding hydrogens is 460 g/mol. The third-order valence-corrected chi connectivity index (χ3v) is 5.62. The van der Waals surface area contributed by atoms with Crippen LogP contribution in [0.15, 0.2) is 18.2 Å². The molecule has 0 saturated heterocycles. The number of alkyl carbamates (subject to hydrolysis) is 1. The predicted octanol–water partition coefficient (Wildman–Crippen LogP) is 3.41. The monoisotopic (exact) mass is 502 g/mol. The number of amides is 4. The van der Waals surface area contributed by atoms with Crippen molar-refractivity contribution in [1.29, 1.82) is 0 Å².